The molecule has 3 N–H and O–H groups in total. The predicted molar refractivity (Wildman–Crippen MR) is 71.6 cm³/mol. The molecule has 0 atom stereocenters. The largest absolute Gasteiger partial charge is 0.399 e. The second kappa shape index (κ2) is 4.34. The lowest BCUT2D eigenvalue weighted by Crippen LogP contribution is -2.14. The van der Waals surface area contributed by atoms with Gasteiger partial charge in [0.15, 0.2) is 5.13 Å². The summed E-state index contributed by atoms with van der Waals surface area (Å²) in [6.45, 7) is 3.39. The van der Waals surface area contributed by atoms with Gasteiger partial charge in [-0.3, -0.25) is 4.72 Å². The van der Waals surface area contributed by atoms with Crippen molar-refractivity contribution in [3.8, 4) is 0 Å². The maximum absolute atomic E-state index is 11.5. The van der Waals surface area contributed by atoms with E-state index in [9.17, 15) is 8.42 Å². The summed E-state index contributed by atoms with van der Waals surface area (Å²) in [6.07, 6.45) is 1.33. The number of anilines is 2. The van der Waals surface area contributed by atoms with Crippen LogP contribution >= 0.6 is 11.3 Å². The molecule has 2 aromatic rings. The molecule has 2 rings (SSSR count). The third-order valence-corrected chi connectivity index (χ3v) is 4.23. The van der Waals surface area contributed by atoms with Gasteiger partial charge in [-0.2, -0.15) is 0 Å². The summed E-state index contributed by atoms with van der Waals surface area (Å²) in [7, 11) is -3.39. The van der Waals surface area contributed by atoms with Gasteiger partial charge >= 0.3 is 0 Å². The minimum absolute atomic E-state index is 0.134. The minimum atomic E-state index is -3.39. The van der Waals surface area contributed by atoms with Crippen molar-refractivity contribution in [2.24, 2.45) is 0 Å². The SMILES string of the molecule is C=CCS(=O)(=O)Nc1nc2ccc(N)cc2s1. The van der Waals surface area contributed by atoms with Crippen molar-refractivity contribution >= 4 is 42.4 Å². The summed E-state index contributed by atoms with van der Waals surface area (Å²) in [6, 6.07) is 5.24. The Morgan fingerprint density at radius 1 is 1.53 bits per heavy atom. The summed E-state index contributed by atoms with van der Waals surface area (Å²) < 4.78 is 26.3. The first kappa shape index (κ1) is 11.9. The van der Waals surface area contributed by atoms with Gasteiger partial charge in [0.2, 0.25) is 10.0 Å². The van der Waals surface area contributed by atoms with Crippen LogP contribution in [-0.2, 0) is 10.0 Å². The molecule has 1 heterocycles. The van der Waals surface area contributed by atoms with E-state index in [0.29, 0.717) is 10.8 Å². The molecule has 0 amide bonds. The number of fused-ring (bicyclic) bond motifs is 1. The van der Waals surface area contributed by atoms with Crippen LogP contribution in [0, 0.1) is 0 Å². The number of aromatic nitrogens is 1. The summed E-state index contributed by atoms with van der Waals surface area (Å²) in [5.74, 6) is -0.134. The predicted octanol–water partition coefficient (Wildman–Crippen LogP) is 1.81. The van der Waals surface area contributed by atoms with Crippen molar-refractivity contribution in [2.75, 3.05) is 16.2 Å². The standard InChI is InChI=1S/C10H11N3O2S2/c1-2-5-17(14,15)13-10-12-8-4-3-7(11)6-9(8)16-10/h2-4,6H,1,5,11H2,(H,12,13). The van der Waals surface area contributed by atoms with E-state index in [2.05, 4.69) is 16.3 Å². The fourth-order valence-electron chi connectivity index (χ4n) is 1.31. The number of rotatable bonds is 4. The zero-order valence-electron chi connectivity index (χ0n) is 8.88. The van der Waals surface area contributed by atoms with Crippen LogP contribution in [-0.4, -0.2) is 19.2 Å². The monoisotopic (exact) mass is 269 g/mol. The van der Waals surface area contributed by atoms with Gasteiger partial charge in [-0.25, -0.2) is 13.4 Å². The number of benzene rings is 1. The van der Waals surface area contributed by atoms with Crippen molar-refractivity contribution < 1.29 is 8.42 Å². The Hall–Kier alpha value is -1.60. The lowest BCUT2D eigenvalue weighted by molar-refractivity contribution is 0.604. The van der Waals surface area contributed by atoms with Gasteiger partial charge in [-0.1, -0.05) is 17.4 Å². The lowest BCUT2D eigenvalue weighted by atomic mass is 10.3. The number of thiazole rings is 1. The molecular formula is C10H11N3O2S2. The number of hydrogen-bond donors (Lipinski definition) is 2. The lowest BCUT2D eigenvalue weighted by Gasteiger charge is -2.00. The van der Waals surface area contributed by atoms with Gasteiger partial charge in [-0.15, -0.1) is 6.58 Å². The van der Waals surface area contributed by atoms with Crippen molar-refractivity contribution in [1.82, 2.24) is 4.98 Å². The Kier molecular flexibility index (Phi) is 3.03. The average Bonchev–Trinajstić information content (AvgIpc) is 2.57. The number of nitrogen functional groups attached to an aromatic ring is 1. The molecule has 1 aromatic carbocycles. The molecular weight excluding hydrogens is 258 g/mol. The molecule has 0 aliphatic carbocycles. The van der Waals surface area contributed by atoms with Gasteiger partial charge in [0.25, 0.3) is 0 Å². The molecule has 7 heteroatoms. The van der Waals surface area contributed by atoms with Crippen LogP contribution in [0.25, 0.3) is 10.2 Å². The number of sulfonamides is 1. The summed E-state index contributed by atoms with van der Waals surface area (Å²) in [4.78, 5) is 4.16. The Balaban J connectivity index is 2.34. The highest BCUT2D eigenvalue weighted by molar-refractivity contribution is 7.93. The molecule has 0 spiro atoms. The molecule has 1 aromatic heterocycles. The van der Waals surface area contributed by atoms with Crippen LogP contribution in [0.15, 0.2) is 30.9 Å². The smallest absolute Gasteiger partial charge is 0.238 e. The fraction of sp³-hybridized carbons (Fsp3) is 0.100. The van der Waals surface area contributed by atoms with Crippen molar-refractivity contribution in [1.29, 1.82) is 0 Å². The van der Waals surface area contributed by atoms with Crippen LogP contribution in [0.5, 0.6) is 0 Å². The minimum Gasteiger partial charge on any atom is -0.399 e. The Morgan fingerprint density at radius 2 is 2.29 bits per heavy atom. The van der Waals surface area contributed by atoms with Gasteiger partial charge in [-0.05, 0) is 18.2 Å². The number of nitrogens with two attached hydrogens (primary N) is 1. The van der Waals surface area contributed by atoms with E-state index < -0.39 is 10.0 Å². The van der Waals surface area contributed by atoms with E-state index in [1.54, 1.807) is 18.2 Å². The topological polar surface area (TPSA) is 85.1 Å². The van der Waals surface area contributed by atoms with E-state index in [4.69, 9.17) is 5.73 Å². The van der Waals surface area contributed by atoms with Crippen LogP contribution in [0.4, 0.5) is 10.8 Å². The normalized spacial score (nSPS) is 11.5. The Bertz CT molecular complexity index is 661. The van der Waals surface area contributed by atoms with E-state index >= 15 is 0 Å². The van der Waals surface area contributed by atoms with Gasteiger partial charge in [0.05, 0.1) is 16.0 Å². The first-order valence-corrected chi connectivity index (χ1v) is 7.24. The van der Waals surface area contributed by atoms with Crippen LogP contribution in [0.2, 0.25) is 0 Å². The quantitative estimate of drug-likeness (QED) is 0.654. The molecule has 0 radical (unpaired) electrons. The summed E-state index contributed by atoms with van der Waals surface area (Å²) in [5.41, 5.74) is 6.98. The van der Waals surface area contributed by atoms with E-state index in [0.717, 1.165) is 10.2 Å². The third kappa shape index (κ3) is 2.75. The second-order valence-corrected chi connectivity index (χ2v) is 6.22. The van der Waals surface area contributed by atoms with E-state index in [-0.39, 0.29) is 5.75 Å². The zero-order chi connectivity index (χ0) is 12.5. The van der Waals surface area contributed by atoms with Gasteiger partial charge in [0, 0.05) is 5.69 Å². The molecule has 0 aliphatic heterocycles. The van der Waals surface area contributed by atoms with Gasteiger partial charge < -0.3 is 5.73 Å². The third-order valence-electron chi connectivity index (χ3n) is 1.99. The van der Waals surface area contributed by atoms with Crippen LogP contribution in [0.3, 0.4) is 0 Å². The maximum Gasteiger partial charge on any atom is 0.238 e. The molecule has 0 saturated heterocycles. The van der Waals surface area contributed by atoms with E-state index in [1.165, 1.54) is 17.4 Å². The van der Waals surface area contributed by atoms with Crippen molar-refractivity contribution in [3.63, 3.8) is 0 Å². The van der Waals surface area contributed by atoms with Crippen molar-refractivity contribution in [2.45, 2.75) is 0 Å². The highest BCUT2D eigenvalue weighted by atomic mass is 32.2. The molecule has 17 heavy (non-hydrogen) atoms. The molecule has 5 nitrogen and oxygen atoms in total. The first-order valence-electron chi connectivity index (χ1n) is 4.77. The highest BCUT2D eigenvalue weighted by Gasteiger charge is 2.11. The fourth-order valence-corrected chi connectivity index (χ4v) is 3.33. The Morgan fingerprint density at radius 3 is 3.00 bits per heavy atom. The number of nitrogens with zero attached hydrogens (tertiary/aromatic N) is 1. The summed E-state index contributed by atoms with van der Waals surface area (Å²) >= 11 is 1.25. The first-order chi connectivity index (χ1) is 8.00. The van der Waals surface area contributed by atoms with Gasteiger partial charge in [0.1, 0.15) is 0 Å². The van der Waals surface area contributed by atoms with Crippen molar-refractivity contribution in [3.05, 3.63) is 30.9 Å². The molecule has 90 valence electrons. The van der Waals surface area contributed by atoms with E-state index in [1.807, 2.05) is 0 Å². The van der Waals surface area contributed by atoms with Crippen LogP contribution < -0.4 is 10.5 Å². The maximum atomic E-state index is 11.5. The highest BCUT2D eigenvalue weighted by Crippen LogP contribution is 2.28. The molecule has 0 saturated carbocycles. The number of nitrogens with one attached hydrogen (secondary N) is 1. The average molecular weight is 269 g/mol. The second-order valence-electron chi connectivity index (χ2n) is 3.42. The zero-order valence-corrected chi connectivity index (χ0v) is 10.5. The molecule has 0 fully saturated rings. The summed E-state index contributed by atoms with van der Waals surface area (Å²) in [5, 5.41) is 0.340. The Labute approximate surface area is 103 Å². The number of hydrogen-bond acceptors (Lipinski definition) is 5. The molecule has 0 unspecified atom stereocenters. The van der Waals surface area contributed by atoms with Crippen LogP contribution in [0.1, 0.15) is 0 Å². The molecule has 0 aliphatic rings. The molecule has 0 bridgehead atoms.